The van der Waals surface area contributed by atoms with Crippen LogP contribution in [0.5, 0.6) is 0 Å². The Morgan fingerprint density at radius 3 is 2.92 bits per heavy atom. The molecule has 2 aliphatic carbocycles. The number of nitrogens with one attached hydrogen (secondary N) is 1. The van der Waals surface area contributed by atoms with Crippen molar-refractivity contribution in [1.82, 2.24) is 14.7 Å². The summed E-state index contributed by atoms with van der Waals surface area (Å²) >= 11 is 2.95. The number of fused-ring (bicyclic) bond motifs is 3. The number of nitrogens with zero attached hydrogens (tertiary/aromatic N) is 2. The first-order chi connectivity index (χ1) is 12.6. The van der Waals surface area contributed by atoms with E-state index in [2.05, 4.69) is 10.3 Å². The second-order valence-corrected chi connectivity index (χ2v) is 9.27. The molecule has 1 amide bonds. The number of hydrogen-bond donors (Lipinski definition) is 2. The quantitative estimate of drug-likeness (QED) is 0.812. The first-order valence-corrected chi connectivity index (χ1v) is 11.2. The van der Waals surface area contributed by atoms with Crippen molar-refractivity contribution >= 4 is 34.0 Å². The fourth-order valence-electron chi connectivity index (χ4n) is 4.46. The van der Waals surface area contributed by atoms with Gasteiger partial charge in [0.25, 0.3) is 5.56 Å². The molecule has 4 rings (SSSR count). The van der Waals surface area contributed by atoms with E-state index >= 15 is 0 Å². The molecule has 26 heavy (non-hydrogen) atoms. The Hall–Kier alpha value is -1.38. The fraction of sp³-hybridized carbons (Fsp3) is 0.611. The number of hydrogen-bond acceptors (Lipinski definition) is 6. The van der Waals surface area contributed by atoms with Gasteiger partial charge in [-0.1, -0.05) is 6.42 Å². The van der Waals surface area contributed by atoms with Gasteiger partial charge in [-0.25, -0.2) is 4.98 Å². The number of rotatable bonds is 5. The van der Waals surface area contributed by atoms with Crippen LogP contribution in [0.15, 0.2) is 22.4 Å². The van der Waals surface area contributed by atoms with Crippen LogP contribution in [0.4, 0.5) is 0 Å². The molecule has 2 saturated carbocycles. The third-order valence-electron chi connectivity index (χ3n) is 5.54. The Morgan fingerprint density at radius 1 is 1.38 bits per heavy atom. The van der Waals surface area contributed by atoms with Crippen LogP contribution < -0.4 is 16.6 Å². The lowest BCUT2D eigenvalue weighted by Crippen LogP contribution is -2.54. The maximum Gasteiger partial charge on any atom is 0.258 e. The molecule has 2 heterocycles. The lowest BCUT2D eigenvalue weighted by molar-refractivity contribution is -0.120. The SMILES string of the molecule is NC1CC2CCCC(C1)C2NC(=O)CSCc1cc(=O)n2ccsc2n1. The van der Waals surface area contributed by atoms with Crippen LogP contribution >= 0.6 is 23.1 Å². The topological polar surface area (TPSA) is 89.5 Å². The van der Waals surface area contributed by atoms with E-state index in [1.54, 1.807) is 12.3 Å². The predicted molar refractivity (Wildman–Crippen MR) is 105 cm³/mol. The molecule has 2 unspecified atom stereocenters. The van der Waals surface area contributed by atoms with Crippen LogP contribution in [0, 0.1) is 11.8 Å². The van der Waals surface area contributed by atoms with Gasteiger partial charge in [0.05, 0.1) is 11.4 Å². The molecule has 140 valence electrons. The molecular formula is C18H24N4O2S2. The summed E-state index contributed by atoms with van der Waals surface area (Å²) in [6.07, 6.45) is 7.41. The van der Waals surface area contributed by atoms with E-state index in [9.17, 15) is 9.59 Å². The third-order valence-corrected chi connectivity index (χ3v) is 7.27. The van der Waals surface area contributed by atoms with Gasteiger partial charge < -0.3 is 11.1 Å². The summed E-state index contributed by atoms with van der Waals surface area (Å²) in [6, 6.07) is 2.14. The average molecular weight is 393 g/mol. The Morgan fingerprint density at radius 2 is 2.15 bits per heavy atom. The van der Waals surface area contributed by atoms with Gasteiger partial charge in [0.1, 0.15) is 0 Å². The molecule has 2 atom stereocenters. The maximum atomic E-state index is 12.4. The van der Waals surface area contributed by atoms with Gasteiger partial charge in [-0.05, 0) is 37.5 Å². The molecule has 2 aliphatic rings. The smallest absolute Gasteiger partial charge is 0.258 e. The lowest BCUT2D eigenvalue weighted by atomic mass is 9.67. The van der Waals surface area contributed by atoms with Crippen molar-refractivity contribution in [2.75, 3.05) is 5.75 Å². The van der Waals surface area contributed by atoms with Crippen LogP contribution in [0.3, 0.4) is 0 Å². The van der Waals surface area contributed by atoms with Crippen LogP contribution in [0.1, 0.15) is 37.8 Å². The molecule has 2 bridgehead atoms. The number of aromatic nitrogens is 2. The number of amides is 1. The molecule has 2 fully saturated rings. The summed E-state index contributed by atoms with van der Waals surface area (Å²) in [5.74, 6) is 2.12. The second kappa shape index (κ2) is 7.70. The molecule has 0 aromatic carbocycles. The van der Waals surface area contributed by atoms with E-state index in [-0.39, 0.29) is 11.5 Å². The van der Waals surface area contributed by atoms with Gasteiger partial charge in [-0.2, -0.15) is 0 Å². The second-order valence-electron chi connectivity index (χ2n) is 7.41. The van der Waals surface area contributed by atoms with E-state index < -0.39 is 0 Å². The van der Waals surface area contributed by atoms with Gasteiger partial charge in [0, 0.05) is 35.5 Å². The van der Waals surface area contributed by atoms with Crippen LogP contribution in [0.25, 0.3) is 4.96 Å². The number of carbonyl (C=O) groups excluding carboxylic acids is 1. The summed E-state index contributed by atoms with van der Waals surface area (Å²) in [7, 11) is 0. The zero-order chi connectivity index (χ0) is 18.1. The fourth-order valence-corrected chi connectivity index (χ4v) is 5.93. The summed E-state index contributed by atoms with van der Waals surface area (Å²) in [4.78, 5) is 29.6. The van der Waals surface area contributed by atoms with Gasteiger partial charge >= 0.3 is 0 Å². The summed E-state index contributed by atoms with van der Waals surface area (Å²) in [6.45, 7) is 0. The highest BCUT2D eigenvalue weighted by Crippen LogP contribution is 2.39. The van der Waals surface area contributed by atoms with Crippen molar-refractivity contribution in [2.45, 2.75) is 49.9 Å². The number of nitrogens with two attached hydrogens (primary N) is 1. The highest BCUT2D eigenvalue weighted by Gasteiger charge is 2.39. The molecule has 0 aliphatic heterocycles. The standard InChI is InChI=1S/C18H24N4O2S2/c19-13-6-11-2-1-3-12(7-13)17(11)21-15(23)10-25-9-14-8-16(24)22-4-5-26-18(22)20-14/h4-5,8,11-13,17H,1-3,6-7,9-10,19H2,(H,21,23). The Kier molecular flexibility index (Phi) is 5.33. The molecular weight excluding hydrogens is 368 g/mol. The van der Waals surface area contributed by atoms with Crippen molar-refractivity contribution in [2.24, 2.45) is 17.6 Å². The van der Waals surface area contributed by atoms with Crippen molar-refractivity contribution in [3.63, 3.8) is 0 Å². The van der Waals surface area contributed by atoms with Gasteiger partial charge in [-0.15, -0.1) is 23.1 Å². The number of thioether (sulfide) groups is 1. The molecule has 2 aromatic rings. The van der Waals surface area contributed by atoms with E-state index in [1.807, 2.05) is 5.38 Å². The molecule has 0 radical (unpaired) electrons. The van der Waals surface area contributed by atoms with Crippen LogP contribution in [-0.4, -0.2) is 33.1 Å². The average Bonchev–Trinajstić information content (AvgIpc) is 3.05. The highest BCUT2D eigenvalue weighted by atomic mass is 32.2. The first kappa shape index (κ1) is 18.0. The minimum atomic E-state index is -0.0670. The van der Waals surface area contributed by atoms with Crippen molar-refractivity contribution < 1.29 is 4.79 Å². The Bertz CT molecular complexity index is 835. The van der Waals surface area contributed by atoms with Crippen LogP contribution in [0.2, 0.25) is 0 Å². The van der Waals surface area contributed by atoms with Crippen molar-refractivity contribution in [3.8, 4) is 0 Å². The van der Waals surface area contributed by atoms with E-state index in [0.717, 1.165) is 18.5 Å². The zero-order valence-electron chi connectivity index (χ0n) is 14.6. The molecule has 2 aromatic heterocycles. The minimum absolute atomic E-state index is 0.0670. The summed E-state index contributed by atoms with van der Waals surface area (Å²) in [5, 5.41) is 5.11. The van der Waals surface area contributed by atoms with E-state index in [1.165, 1.54) is 46.8 Å². The molecule has 3 N–H and O–H groups in total. The molecule has 0 spiro atoms. The van der Waals surface area contributed by atoms with Crippen molar-refractivity contribution in [3.05, 3.63) is 33.7 Å². The summed E-state index contributed by atoms with van der Waals surface area (Å²) < 4.78 is 1.54. The first-order valence-electron chi connectivity index (χ1n) is 9.18. The predicted octanol–water partition coefficient (Wildman–Crippen LogP) is 2.01. The van der Waals surface area contributed by atoms with E-state index in [0.29, 0.717) is 40.4 Å². The monoisotopic (exact) mass is 392 g/mol. The Labute approximate surface area is 160 Å². The number of thiazole rings is 1. The largest absolute Gasteiger partial charge is 0.352 e. The molecule has 0 saturated heterocycles. The minimum Gasteiger partial charge on any atom is -0.352 e. The maximum absolute atomic E-state index is 12.4. The Balaban J connectivity index is 1.30. The normalized spacial score (nSPS) is 28.2. The number of carbonyl (C=O) groups is 1. The zero-order valence-corrected chi connectivity index (χ0v) is 16.2. The third kappa shape index (κ3) is 3.82. The van der Waals surface area contributed by atoms with Gasteiger partial charge in [0.2, 0.25) is 5.91 Å². The van der Waals surface area contributed by atoms with Crippen LogP contribution in [-0.2, 0) is 10.5 Å². The molecule has 6 nitrogen and oxygen atoms in total. The lowest BCUT2D eigenvalue weighted by Gasteiger charge is -2.45. The molecule has 8 heteroatoms. The van der Waals surface area contributed by atoms with Gasteiger partial charge in [-0.3, -0.25) is 14.0 Å². The highest BCUT2D eigenvalue weighted by molar-refractivity contribution is 7.99. The van der Waals surface area contributed by atoms with E-state index in [4.69, 9.17) is 5.73 Å². The van der Waals surface area contributed by atoms with Crippen molar-refractivity contribution in [1.29, 1.82) is 0 Å². The van der Waals surface area contributed by atoms with Gasteiger partial charge in [0.15, 0.2) is 4.96 Å². The summed E-state index contributed by atoms with van der Waals surface area (Å²) in [5.41, 5.74) is 6.82.